The maximum atomic E-state index is 13.6. The molecule has 0 spiro atoms. The first-order chi connectivity index (χ1) is 21.2. The number of hydrogen-bond donors (Lipinski definition) is 2. The number of hydrogen-bond acceptors (Lipinski definition) is 7. The number of carbonyl (C=O) groups is 2. The van der Waals surface area contributed by atoms with Crippen LogP contribution in [-0.4, -0.2) is 56.4 Å². The molecule has 0 aliphatic carbocycles. The monoisotopic (exact) mass is 644 g/mol. The highest BCUT2D eigenvalue weighted by atomic mass is 32.1. The first kappa shape index (κ1) is 32.3. The lowest BCUT2D eigenvalue weighted by atomic mass is 10.0. The van der Waals surface area contributed by atoms with E-state index in [4.69, 9.17) is 9.47 Å². The molecule has 3 heterocycles. The van der Waals surface area contributed by atoms with E-state index in [1.54, 1.807) is 10.9 Å². The van der Waals surface area contributed by atoms with Crippen LogP contribution in [-0.2, 0) is 17.5 Å². The molecule has 4 aromatic rings. The van der Waals surface area contributed by atoms with Gasteiger partial charge in [0.2, 0.25) is 0 Å². The molecule has 1 saturated heterocycles. The van der Waals surface area contributed by atoms with Crippen LogP contribution in [0.25, 0.3) is 16.0 Å². The summed E-state index contributed by atoms with van der Waals surface area (Å²) in [7, 11) is 0. The summed E-state index contributed by atoms with van der Waals surface area (Å²) < 4.78 is 53.8. The number of piperidine rings is 1. The predicted molar refractivity (Wildman–Crippen MR) is 164 cm³/mol. The van der Waals surface area contributed by atoms with Crippen LogP contribution in [0.15, 0.2) is 54.9 Å². The third kappa shape index (κ3) is 7.77. The van der Waals surface area contributed by atoms with E-state index in [-0.39, 0.29) is 22.2 Å². The van der Waals surface area contributed by atoms with Gasteiger partial charge in [-0.25, -0.2) is 14.6 Å². The van der Waals surface area contributed by atoms with Gasteiger partial charge in [-0.05, 0) is 64.3 Å². The molecule has 1 aliphatic heterocycles. The quantitative estimate of drug-likeness (QED) is 0.206. The van der Waals surface area contributed by atoms with Crippen LogP contribution in [0.2, 0.25) is 0 Å². The van der Waals surface area contributed by atoms with Crippen molar-refractivity contribution in [3.8, 4) is 10.8 Å². The van der Waals surface area contributed by atoms with Crippen LogP contribution in [0, 0.1) is 0 Å². The third-order valence-corrected chi connectivity index (χ3v) is 8.55. The second-order valence-electron chi connectivity index (χ2n) is 12.1. The van der Waals surface area contributed by atoms with Crippen LogP contribution in [0.3, 0.4) is 0 Å². The fraction of sp³-hybridized carbons (Fsp3) is 0.406. The average molecular weight is 645 g/mol. The number of nitrogens with zero attached hydrogens (tertiary/aromatic N) is 3. The van der Waals surface area contributed by atoms with Gasteiger partial charge in [0, 0.05) is 37.3 Å². The summed E-state index contributed by atoms with van der Waals surface area (Å²) in [5.74, 6) is -1.26. The average Bonchev–Trinajstić information content (AvgIpc) is 3.56. The van der Waals surface area contributed by atoms with Crippen molar-refractivity contribution in [1.82, 2.24) is 19.8 Å². The number of alkyl carbamates (subject to hydrolysis) is 1. The van der Waals surface area contributed by atoms with Crippen molar-refractivity contribution in [2.75, 3.05) is 13.1 Å². The number of nitrogens with one attached hydrogen (secondary N) is 1. The van der Waals surface area contributed by atoms with Crippen molar-refractivity contribution in [3.05, 3.63) is 76.4 Å². The van der Waals surface area contributed by atoms with E-state index in [1.165, 1.54) is 31.2 Å². The minimum absolute atomic E-state index is 0.0205. The van der Waals surface area contributed by atoms with E-state index >= 15 is 0 Å². The summed E-state index contributed by atoms with van der Waals surface area (Å²) in [6.07, 6.45) is -2.87. The molecule has 1 fully saturated rings. The van der Waals surface area contributed by atoms with Gasteiger partial charge < -0.3 is 19.9 Å². The minimum Gasteiger partial charge on any atom is -0.484 e. The third-order valence-electron chi connectivity index (χ3n) is 7.45. The number of carboxylic acid groups (broad SMARTS) is 1. The fourth-order valence-corrected chi connectivity index (χ4v) is 6.29. The number of imidazole rings is 1. The molecule has 2 aromatic carbocycles. The Labute approximate surface area is 262 Å². The first-order valence-corrected chi connectivity index (χ1v) is 15.4. The number of thiophene rings is 1. The van der Waals surface area contributed by atoms with Crippen molar-refractivity contribution in [2.24, 2.45) is 0 Å². The molecule has 9 nitrogen and oxygen atoms in total. The number of amides is 1. The number of carboxylic acids is 1. The molecule has 5 rings (SSSR count). The lowest BCUT2D eigenvalue weighted by molar-refractivity contribution is -0.139. The van der Waals surface area contributed by atoms with Crippen molar-refractivity contribution >= 4 is 34.4 Å². The minimum atomic E-state index is -4.58. The predicted octanol–water partition coefficient (Wildman–Crippen LogP) is 7.43. The molecule has 0 unspecified atom stereocenters. The maximum Gasteiger partial charge on any atom is 0.416 e. The number of fused-ring (bicyclic) bond motifs is 1. The molecular formula is C32H35F3N4O5S. The Morgan fingerprint density at radius 2 is 1.82 bits per heavy atom. The van der Waals surface area contributed by atoms with Gasteiger partial charge in [-0.2, -0.15) is 13.2 Å². The largest absolute Gasteiger partial charge is 0.484 e. The molecule has 2 aromatic heterocycles. The zero-order valence-electron chi connectivity index (χ0n) is 25.4. The van der Waals surface area contributed by atoms with Gasteiger partial charge in [-0.15, -0.1) is 11.3 Å². The number of ether oxygens (including phenoxy) is 2. The Morgan fingerprint density at radius 1 is 1.11 bits per heavy atom. The number of likely N-dealkylation sites (tertiary alicyclic amines) is 1. The lowest BCUT2D eigenvalue weighted by Gasteiger charge is -2.32. The highest BCUT2D eigenvalue weighted by molar-refractivity contribution is 7.16. The number of carbonyl (C=O) groups excluding carboxylic acids is 1. The molecule has 0 saturated carbocycles. The Morgan fingerprint density at radius 3 is 2.49 bits per heavy atom. The molecule has 2 N–H and O–H groups in total. The highest BCUT2D eigenvalue weighted by Crippen LogP contribution is 2.39. The molecule has 1 aliphatic rings. The Hall–Kier alpha value is -4.10. The summed E-state index contributed by atoms with van der Waals surface area (Å²) in [6, 6.07) is 12.6. The first-order valence-electron chi connectivity index (χ1n) is 14.6. The van der Waals surface area contributed by atoms with Crippen LogP contribution < -0.4 is 10.1 Å². The van der Waals surface area contributed by atoms with Gasteiger partial charge in [-0.3, -0.25) is 9.47 Å². The Bertz CT molecular complexity index is 1690. The van der Waals surface area contributed by atoms with Gasteiger partial charge in [0.05, 0.1) is 16.6 Å². The van der Waals surface area contributed by atoms with Crippen LogP contribution in [0.4, 0.5) is 18.0 Å². The van der Waals surface area contributed by atoms with E-state index in [9.17, 15) is 27.9 Å². The van der Waals surface area contributed by atoms with E-state index in [0.29, 0.717) is 17.1 Å². The van der Waals surface area contributed by atoms with E-state index in [0.717, 1.165) is 54.4 Å². The zero-order valence-corrected chi connectivity index (χ0v) is 26.2. The van der Waals surface area contributed by atoms with Gasteiger partial charge in [0.15, 0.2) is 4.88 Å². The molecule has 13 heteroatoms. The van der Waals surface area contributed by atoms with E-state index < -0.39 is 35.5 Å². The second-order valence-corrected chi connectivity index (χ2v) is 13.1. The number of alkyl halides is 3. The summed E-state index contributed by atoms with van der Waals surface area (Å²) in [5, 5.41) is 13.3. The normalized spacial score (nSPS) is 15.6. The smallest absolute Gasteiger partial charge is 0.416 e. The van der Waals surface area contributed by atoms with Crippen molar-refractivity contribution in [3.63, 3.8) is 0 Å². The van der Waals surface area contributed by atoms with Crippen molar-refractivity contribution in [2.45, 2.75) is 71.0 Å². The van der Waals surface area contributed by atoms with Crippen LogP contribution in [0.5, 0.6) is 5.75 Å². The van der Waals surface area contributed by atoms with Gasteiger partial charge in [0.1, 0.15) is 28.8 Å². The molecule has 0 radical (unpaired) electrons. The number of halogens is 3. The molecular weight excluding hydrogens is 609 g/mol. The lowest BCUT2D eigenvalue weighted by Crippen LogP contribution is -2.45. The van der Waals surface area contributed by atoms with Crippen LogP contribution >= 0.6 is 11.3 Å². The van der Waals surface area contributed by atoms with E-state index in [2.05, 4.69) is 15.2 Å². The summed E-state index contributed by atoms with van der Waals surface area (Å²) in [6.45, 7) is 9.21. The van der Waals surface area contributed by atoms with Gasteiger partial charge in [0.25, 0.3) is 0 Å². The standard InChI is InChI=1S/C32H35F3N4O5S/c1-19(22-7-5-6-8-23(22)32(33,34)35)43-26-16-27(45-28(26)29(40)41)39-18-36-24-10-9-20(15-25(24)39)17-38-13-11-21(12-14-38)37-30(42)44-31(2,3)4/h5-10,15-16,18-19,21H,11-14,17H2,1-4H3,(H,37,42)(H,40,41)/t19-/m1/s1. The number of benzene rings is 2. The number of aromatic nitrogens is 2. The Balaban J connectivity index is 1.31. The number of rotatable bonds is 8. The fourth-order valence-electron chi connectivity index (χ4n) is 5.38. The molecule has 45 heavy (non-hydrogen) atoms. The SMILES string of the molecule is C[C@@H](Oc1cc(-n2cnc3ccc(CN4CCC(NC(=O)OC(C)(C)C)CC4)cc32)sc1C(=O)O)c1ccccc1C(F)(F)F. The van der Waals surface area contributed by atoms with E-state index in [1.807, 2.05) is 39.0 Å². The van der Waals surface area contributed by atoms with Crippen molar-refractivity contribution in [1.29, 1.82) is 0 Å². The van der Waals surface area contributed by atoms with Gasteiger partial charge in [-0.1, -0.05) is 24.3 Å². The summed E-state index contributed by atoms with van der Waals surface area (Å²) in [4.78, 5) is 30.9. The molecule has 240 valence electrons. The molecule has 0 bridgehead atoms. The highest BCUT2D eigenvalue weighted by Gasteiger charge is 2.35. The van der Waals surface area contributed by atoms with Gasteiger partial charge >= 0.3 is 18.2 Å². The number of aromatic carboxylic acids is 1. The van der Waals surface area contributed by atoms with Crippen LogP contribution in [0.1, 0.15) is 73.0 Å². The topological polar surface area (TPSA) is 106 Å². The summed E-state index contributed by atoms with van der Waals surface area (Å²) in [5.41, 5.74) is 1.03. The Kier molecular flexibility index (Phi) is 9.13. The zero-order chi connectivity index (χ0) is 32.5. The van der Waals surface area contributed by atoms with Crippen molar-refractivity contribution < 1.29 is 37.3 Å². The molecule has 1 atom stereocenters. The summed E-state index contributed by atoms with van der Waals surface area (Å²) >= 11 is 0.958. The second kappa shape index (κ2) is 12.7. The molecule has 1 amide bonds. The maximum absolute atomic E-state index is 13.6.